The Balaban J connectivity index is 1.69. The largest absolute Gasteiger partial charge is 0.481 e. The molecule has 1 saturated heterocycles. The first-order valence-corrected chi connectivity index (χ1v) is 8.17. The molecular formula is C16H25NO4. The van der Waals surface area contributed by atoms with Gasteiger partial charge in [0.05, 0.1) is 18.4 Å². The number of carbonyl (C=O) groups excluding carboxylic acids is 1. The van der Waals surface area contributed by atoms with Crippen LogP contribution in [0.3, 0.4) is 0 Å². The van der Waals surface area contributed by atoms with Crippen molar-refractivity contribution in [2.45, 2.75) is 45.1 Å². The Morgan fingerprint density at radius 3 is 2.48 bits per heavy atom. The minimum Gasteiger partial charge on any atom is -0.481 e. The number of ether oxygens (including phenoxy) is 1. The predicted molar refractivity (Wildman–Crippen MR) is 76.7 cm³/mol. The zero-order chi connectivity index (χ0) is 15.0. The fourth-order valence-corrected chi connectivity index (χ4v) is 3.86. The standard InChI is InChI=1S/C16H25NO4/c1-10-6-13(14(7-10)16(19)20)15(18)17(12-2-3-12)8-11-4-5-21-9-11/h10-14H,2-9H2,1H3,(H,19,20). The molecule has 2 saturated carbocycles. The molecule has 21 heavy (non-hydrogen) atoms. The van der Waals surface area contributed by atoms with E-state index in [1.807, 2.05) is 4.90 Å². The first kappa shape index (κ1) is 14.8. The van der Waals surface area contributed by atoms with E-state index in [1.165, 1.54) is 0 Å². The first-order valence-electron chi connectivity index (χ1n) is 8.17. The van der Waals surface area contributed by atoms with E-state index in [4.69, 9.17) is 4.74 Å². The predicted octanol–water partition coefficient (Wildman–Crippen LogP) is 1.76. The molecule has 1 amide bonds. The van der Waals surface area contributed by atoms with Crippen molar-refractivity contribution in [1.29, 1.82) is 0 Å². The maximum atomic E-state index is 12.9. The van der Waals surface area contributed by atoms with Crippen molar-refractivity contribution in [1.82, 2.24) is 4.90 Å². The second-order valence-electron chi connectivity index (χ2n) is 7.08. The molecular weight excluding hydrogens is 270 g/mol. The number of amides is 1. The summed E-state index contributed by atoms with van der Waals surface area (Å²) in [6.45, 7) is 4.33. The van der Waals surface area contributed by atoms with Gasteiger partial charge in [-0.05, 0) is 38.0 Å². The number of carbonyl (C=O) groups is 2. The Morgan fingerprint density at radius 2 is 1.90 bits per heavy atom. The van der Waals surface area contributed by atoms with Crippen molar-refractivity contribution in [2.75, 3.05) is 19.8 Å². The highest BCUT2D eigenvalue weighted by Crippen LogP contribution is 2.40. The van der Waals surface area contributed by atoms with Crippen LogP contribution in [0.5, 0.6) is 0 Å². The average molecular weight is 295 g/mol. The van der Waals surface area contributed by atoms with E-state index in [2.05, 4.69) is 6.92 Å². The number of nitrogens with zero attached hydrogens (tertiary/aromatic N) is 1. The van der Waals surface area contributed by atoms with Crippen LogP contribution in [0.1, 0.15) is 39.0 Å². The van der Waals surface area contributed by atoms with Crippen LogP contribution in [0.4, 0.5) is 0 Å². The molecule has 5 heteroatoms. The Bertz CT molecular complexity index is 415. The van der Waals surface area contributed by atoms with Gasteiger partial charge in [0.25, 0.3) is 0 Å². The molecule has 0 aromatic rings. The zero-order valence-corrected chi connectivity index (χ0v) is 12.7. The molecule has 0 aromatic heterocycles. The van der Waals surface area contributed by atoms with Crippen LogP contribution in [0.25, 0.3) is 0 Å². The topological polar surface area (TPSA) is 66.8 Å². The third-order valence-electron chi connectivity index (χ3n) is 5.18. The summed E-state index contributed by atoms with van der Waals surface area (Å²) in [6.07, 6.45) is 4.51. The van der Waals surface area contributed by atoms with E-state index in [-0.39, 0.29) is 11.8 Å². The number of hydrogen-bond donors (Lipinski definition) is 1. The van der Waals surface area contributed by atoms with Crippen LogP contribution >= 0.6 is 0 Å². The van der Waals surface area contributed by atoms with Gasteiger partial charge >= 0.3 is 5.97 Å². The molecule has 4 unspecified atom stereocenters. The fraction of sp³-hybridized carbons (Fsp3) is 0.875. The number of aliphatic carboxylic acids is 1. The van der Waals surface area contributed by atoms with Crippen molar-refractivity contribution in [3.05, 3.63) is 0 Å². The van der Waals surface area contributed by atoms with Crippen molar-refractivity contribution in [2.24, 2.45) is 23.7 Å². The van der Waals surface area contributed by atoms with Crippen LogP contribution in [0.15, 0.2) is 0 Å². The lowest BCUT2D eigenvalue weighted by Gasteiger charge is -2.29. The van der Waals surface area contributed by atoms with E-state index >= 15 is 0 Å². The van der Waals surface area contributed by atoms with Crippen LogP contribution in [-0.4, -0.2) is 47.7 Å². The lowest BCUT2D eigenvalue weighted by molar-refractivity contribution is -0.149. The molecule has 1 aliphatic heterocycles. The van der Waals surface area contributed by atoms with Gasteiger partial charge in [0, 0.05) is 25.1 Å². The molecule has 0 aromatic carbocycles. The molecule has 0 bridgehead atoms. The summed E-state index contributed by atoms with van der Waals surface area (Å²) >= 11 is 0. The maximum Gasteiger partial charge on any atom is 0.307 e. The third kappa shape index (κ3) is 3.23. The highest BCUT2D eigenvalue weighted by molar-refractivity contribution is 5.85. The van der Waals surface area contributed by atoms with Gasteiger partial charge in [-0.15, -0.1) is 0 Å². The number of rotatable bonds is 5. The molecule has 1 N–H and O–H groups in total. The van der Waals surface area contributed by atoms with Crippen LogP contribution in [-0.2, 0) is 14.3 Å². The summed E-state index contributed by atoms with van der Waals surface area (Å²) in [5.41, 5.74) is 0. The molecule has 3 aliphatic rings. The van der Waals surface area contributed by atoms with E-state index in [9.17, 15) is 14.7 Å². The van der Waals surface area contributed by atoms with Crippen molar-refractivity contribution in [3.8, 4) is 0 Å². The number of hydrogen-bond acceptors (Lipinski definition) is 3. The van der Waals surface area contributed by atoms with E-state index < -0.39 is 11.9 Å². The van der Waals surface area contributed by atoms with Crippen LogP contribution < -0.4 is 0 Å². The third-order valence-corrected chi connectivity index (χ3v) is 5.18. The fourth-order valence-electron chi connectivity index (χ4n) is 3.86. The quantitative estimate of drug-likeness (QED) is 0.839. The van der Waals surface area contributed by atoms with Gasteiger partial charge in [0.1, 0.15) is 0 Å². The maximum absolute atomic E-state index is 12.9. The molecule has 3 fully saturated rings. The second-order valence-corrected chi connectivity index (χ2v) is 7.08. The van der Waals surface area contributed by atoms with Gasteiger partial charge in [-0.2, -0.15) is 0 Å². The highest BCUT2D eigenvalue weighted by atomic mass is 16.5. The summed E-state index contributed by atoms with van der Waals surface area (Å²) < 4.78 is 5.41. The molecule has 0 spiro atoms. The Hall–Kier alpha value is -1.10. The van der Waals surface area contributed by atoms with Crippen LogP contribution in [0, 0.1) is 23.7 Å². The molecule has 3 rings (SSSR count). The molecule has 1 heterocycles. The monoisotopic (exact) mass is 295 g/mol. The van der Waals surface area contributed by atoms with Crippen LogP contribution in [0.2, 0.25) is 0 Å². The zero-order valence-electron chi connectivity index (χ0n) is 12.7. The van der Waals surface area contributed by atoms with Gasteiger partial charge in [0.15, 0.2) is 0 Å². The summed E-state index contributed by atoms with van der Waals surface area (Å²) in [5.74, 6) is -0.777. The summed E-state index contributed by atoms with van der Waals surface area (Å²) in [5, 5.41) is 9.38. The lowest BCUT2D eigenvalue weighted by atomic mass is 9.94. The summed E-state index contributed by atoms with van der Waals surface area (Å²) in [7, 11) is 0. The second kappa shape index (κ2) is 5.95. The van der Waals surface area contributed by atoms with Gasteiger partial charge in [0.2, 0.25) is 5.91 Å². The Kier molecular flexibility index (Phi) is 4.20. The summed E-state index contributed by atoms with van der Waals surface area (Å²) in [4.78, 5) is 26.3. The average Bonchev–Trinajstić information content (AvgIpc) is 2.99. The minimum atomic E-state index is -0.808. The number of carboxylic acid groups (broad SMARTS) is 1. The first-order chi connectivity index (χ1) is 10.1. The molecule has 5 nitrogen and oxygen atoms in total. The molecule has 4 atom stereocenters. The highest BCUT2D eigenvalue weighted by Gasteiger charge is 2.45. The van der Waals surface area contributed by atoms with Crippen molar-refractivity contribution < 1.29 is 19.4 Å². The van der Waals surface area contributed by atoms with Gasteiger partial charge in [-0.1, -0.05) is 6.92 Å². The Labute approximate surface area is 125 Å². The minimum absolute atomic E-state index is 0.0844. The van der Waals surface area contributed by atoms with Gasteiger partial charge in [-0.3, -0.25) is 9.59 Å². The summed E-state index contributed by atoms with van der Waals surface area (Å²) in [6, 6.07) is 0.350. The molecule has 2 aliphatic carbocycles. The number of carboxylic acids is 1. The lowest BCUT2D eigenvalue weighted by Crippen LogP contribution is -2.43. The van der Waals surface area contributed by atoms with E-state index in [1.54, 1.807) is 0 Å². The van der Waals surface area contributed by atoms with E-state index in [0.29, 0.717) is 24.3 Å². The normalized spacial score (nSPS) is 35.9. The van der Waals surface area contributed by atoms with E-state index in [0.717, 1.165) is 45.4 Å². The Morgan fingerprint density at radius 1 is 1.19 bits per heavy atom. The molecule has 0 radical (unpaired) electrons. The van der Waals surface area contributed by atoms with Gasteiger partial charge in [-0.25, -0.2) is 0 Å². The van der Waals surface area contributed by atoms with Gasteiger partial charge < -0.3 is 14.7 Å². The molecule has 118 valence electrons. The smallest absolute Gasteiger partial charge is 0.307 e. The van der Waals surface area contributed by atoms with Crippen molar-refractivity contribution in [3.63, 3.8) is 0 Å². The SMILES string of the molecule is CC1CC(C(=O)O)C(C(=O)N(CC2CCOC2)C2CC2)C1. The van der Waals surface area contributed by atoms with Crippen molar-refractivity contribution >= 4 is 11.9 Å².